The third kappa shape index (κ3) is 4.74. The van der Waals surface area contributed by atoms with Crippen molar-refractivity contribution in [2.45, 2.75) is 75.5 Å². The molecule has 234 valence electrons. The average Bonchev–Trinajstić information content (AvgIpc) is 3.59. The molecule has 0 radical (unpaired) electrons. The van der Waals surface area contributed by atoms with Crippen LogP contribution in [-0.2, 0) is 14.8 Å². The summed E-state index contributed by atoms with van der Waals surface area (Å²) in [6, 6.07) is 9.70. The second kappa shape index (κ2) is 10.8. The van der Waals surface area contributed by atoms with E-state index >= 15 is 0 Å². The summed E-state index contributed by atoms with van der Waals surface area (Å²) >= 11 is 0. The lowest BCUT2D eigenvalue weighted by Crippen LogP contribution is -2.56. The van der Waals surface area contributed by atoms with Gasteiger partial charge in [-0.25, -0.2) is 17.6 Å². The first-order chi connectivity index (χ1) is 21.0. The van der Waals surface area contributed by atoms with Crippen molar-refractivity contribution in [3.8, 4) is 11.3 Å². The number of carbonyl (C=O) groups excluding carboxylic acids is 2. The minimum absolute atomic E-state index is 0.0251. The summed E-state index contributed by atoms with van der Waals surface area (Å²) in [4.78, 5) is 28.5. The van der Waals surface area contributed by atoms with Crippen LogP contribution in [0.4, 0.5) is 14.9 Å². The molecular formula is C33H38FN3O6S. The molecule has 4 fully saturated rings. The van der Waals surface area contributed by atoms with Crippen LogP contribution in [0.1, 0.15) is 73.2 Å². The topological polar surface area (TPSA) is 109 Å². The Morgan fingerprint density at radius 2 is 1.80 bits per heavy atom. The van der Waals surface area contributed by atoms with Gasteiger partial charge >= 0.3 is 6.09 Å². The number of amides is 2. The van der Waals surface area contributed by atoms with Crippen molar-refractivity contribution in [2.75, 3.05) is 24.7 Å². The molecule has 2 saturated carbocycles. The molecule has 3 heterocycles. The monoisotopic (exact) mass is 623 g/mol. The van der Waals surface area contributed by atoms with Gasteiger partial charge in [-0.15, -0.1) is 0 Å². The van der Waals surface area contributed by atoms with Crippen molar-refractivity contribution in [3.63, 3.8) is 0 Å². The Morgan fingerprint density at radius 1 is 1.05 bits per heavy atom. The average molecular weight is 624 g/mol. The largest absolute Gasteiger partial charge is 0.455 e. The Morgan fingerprint density at radius 3 is 2.52 bits per heavy atom. The van der Waals surface area contributed by atoms with Gasteiger partial charge in [-0.2, -0.15) is 0 Å². The van der Waals surface area contributed by atoms with E-state index in [4.69, 9.17) is 9.15 Å². The number of furan rings is 1. The third-order valence-corrected chi connectivity index (χ3v) is 11.8. The number of benzene rings is 2. The number of sulfonamides is 1. The highest BCUT2D eigenvalue weighted by Crippen LogP contribution is 2.52. The maximum Gasteiger partial charge on any atom is 0.410 e. The first-order valence-corrected chi connectivity index (χ1v) is 17.4. The molecule has 4 aliphatic rings. The van der Waals surface area contributed by atoms with Crippen molar-refractivity contribution in [2.24, 2.45) is 11.8 Å². The highest BCUT2D eigenvalue weighted by Gasteiger charge is 2.55. The van der Waals surface area contributed by atoms with Gasteiger partial charge in [0.25, 0.3) is 5.91 Å². The fourth-order valence-electron chi connectivity index (χ4n) is 8.43. The molecule has 2 saturated heterocycles. The molecule has 1 aromatic heterocycles. The lowest BCUT2D eigenvalue weighted by Gasteiger charge is -2.47. The van der Waals surface area contributed by atoms with E-state index < -0.39 is 15.8 Å². The highest BCUT2D eigenvalue weighted by atomic mass is 32.2. The first-order valence-electron chi connectivity index (χ1n) is 15.6. The zero-order chi connectivity index (χ0) is 30.9. The molecule has 2 amide bonds. The molecule has 7 rings (SSSR count). The SMILES string of the molecule is CNC(=O)c1c(-c2ccc(F)cc2)oc2cc(N(C)S(C)(=O)=O)c(C3CCC4OC(=O)N5C6CCCCC6CC5C4C3)cc12. The van der Waals surface area contributed by atoms with Gasteiger partial charge in [-0.05, 0) is 86.3 Å². The molecule has 0 spiro atoms. The molecule has 44 heavy (non-hydrogen) atoms. The molecule has 6 unspecified atom stereocenters. The lowest BCUT2D eigenvalue weighted by molar-refractivity contribution is -0.0620. The molecule has 1 N–H and O–H groups in total. The predicted octanol–water partition coefficient (Wildman–Crippen LogP) is 6.03. The number of anilines is 1. The predicted molar refractivity (Wildman–Crippen MR) is 165 cm³/mol. The summed E-state index contributed by atoms with van der Waals surface area (Å²) in [6.45, 7) is 0. The minimum atomic E-state index is -3.63. The van der Waals surface area contributed by atoms with E-state index in [2.05, 4.69) is 5.32 Å². The summed E-state index contributed by atoms with van der Waals surface area (Å²) in [5.74, 6) is 0.149. The minimum Gasteiger partial charge on any atom is -0.455 e. The number of fused-ring (bicyclic) bond motifs is 6. The van der Waals surface area contributed by atoms with Gasteiger partial charge in [0.15, 0.2) is 0 Å². The van der Waals surface area contributed by atoms with Crippen molar-refractivity contribution in [1.82, 2.24) is 10.2 Å². The zero-order valence-electron chi connectivity index (χ0n) is 25.2. The van der Waals surface area contributed by atoms with E-state index in [0.717, 1.165) is 37.7 Å². The molecule has 0 bridgehead atoms. The maximum absolute atomic E-state index is 13.7. The second-order valence-electron chi connectivity index (χ2n) is 12.9. The number of nitrogens with zero attached hydrogens (tertiary/aromatic N) is 2. The Labute approximate surface area is 256 Å². The highest BCUT2D eigenvalue weighted by molar-refractivity contribution is 7.92. The van der Waals surface area contributed by atoms with E-state index in [-0.39, 0.29) is 47.8 Å². The van der Waals surface area contributed by atoms with E-state index in [0.29, 0.717) is 46.5 Å². The van der Waals surface area contributed by atoms with E-state index in [1.165, 1.54) is 36.2 Å². The van der Waals surface area contributed by atoms with E-state index in [1.54, 1.807) is 25.2 Å². The van der Waals surface area contributed by atoms with E-state index in [9.17, 15) is 22.4 Å². The van der Waals surface area contributed by atoms with Crippen molar-refractivity contribution in [3.05, 3.63) is 53.3 Å². The van der Waals surface area contributed by atoms with Crippen LogP contribution in [0.5, 0.6) is 0 Å². The van der Waals surface area contributed by atoms with Gasteiger partial charge in [0, 0.05) is 49.1 Å². The quantitative estimate of drug-likeness (QED) is 0.372. The summed E-state index contributed by atoms with van der Waals surface area (Å²) in [7, 11) is -0.564. The number of hydrogen-bond donors (Lipinski definition) is 1. The standard InChI is InChI=1S/C33H38FN3O6S/c1-35-32(38)30-24-16-22(26(36(2)44(3,40)41)17-29(24)42-31(30)18-8-11-21(34)12-9-18)19-10-13-28-23(14-19)27-15-20-6-4-5-7-25(20)37(27)33(39)43-28/h8-9,11-12,16-17,19-20,23,25,27-28H,4-7,10,13-15H2,1-3H3,(H,35,38). The smallest absolute Gasteiger partial charge is 0.410 e. The molecule has 2 aliphatic heterocycles. The van der Waals surface area contributed by atoms with Crippen LogP contribution in [0.25, 0.3) is 22.3 Å². The fourth-order valence-corrected chi connectivity index (χ4v) is 8.95. The van der Waals surface area contributed by atoms with Gasteiger partial charge in [0.05, 0.1) is 17.5 Å². The number of carbonyl (C=O) groups is 2. The van der Waals surface area contributed by atoms with Gasteiger partial charge in [0.2, 0.25) is 10.0 Å². The summed E-state index contributed by atoms with van der Waals surface area (Å²) in [5.41, 5.74) is 2.53. The number of hydrogen-bond acceptors (Lipinski definition) is 6. The Bertz CT molecular complexity index is 1740. The van der Waals surface area contributed by atoms with Crippen LogP contribution in [-0.4, -0.2) is 63.9 Å². The third-order valence-electron chi connectivity index (χ3n) is 10.6. The van der Waals surface area contributed by atoms with E-state index in [1.807, 2.05) is 11.0 Å². The molecule has 2 aliphatic carbocycles. The first kappa shape index (κ1) is 29.1. The van der Waals surface area contributed by atoms with Crippen LogP contribution in [0.2, 0.25) is 0 Å². The van der Waals surface area contributed by atoms with Gasteiger partial charge in [-0.3, -0.25) is 9.10 Å². The van der Waals surface area contributed by atoms with Gasteiger partial charge < -0.3 is 19.4 Å². The Kier molecular flexibility index (Phi) is 7.14. The molecule has 9 nitrogen and oxygen atoms in total. The molecule has 6 atom stereocenters. The van der Waals surface area contributed by atoms with Crippen LogP contribution < -0.4 is 9.62 Å². The molecular weight excluding hydrogens is 585 g/mol. The van der Waals surface area contributed by atoms with Crippen molar-refractivity contribution < 1.29 is 31.6 Å². The molecule has 2 aromatic carbocycles. The van der Waals surface area contributed by atoms with Crippen LogP contribution in [0, 0.1) is 17.7 Å². The van der Waals surface area contributed by atoms with Crippen molar-refractivity contribution in [1.29, 1.82) is 0 Å². The van der Waals surface area contributed by atoms with Gasteiger partial charge in [-0.1, -0.05) is 12.8 Å². The van der Waals surface area contributed by atoms with Crippen LogP contribution in [0.15, 0.2) is 40.8 Å². The number of rotatable bonds is 5. The molecule has 11 heteroatoms. The number of ether oxygens (including phenoxy) is 1. The zero-order valence-corrected chi connectivity index (χ0v) is 26.0. The fraction of sp³-hybridized carbons (Fsp3) is 0.515. The number of halogens is 1. The Hall–Kier alpha value is -3.60. The maximum atomic E-state index is 13.7. The van der Waals surface area contributed by atoms with Crippen LogP contribution >= 0.6 is 0 Å². The molecule has 3 aromatic rings. The Balaban J connectivity index is 1.34. The second-order valence-corrected chi connectivity index (χ2v) is 15.0. The lowest BCUT2D eigenvalue weighted by atomic mass is 9.71. The van der Waals surface area contributed by atoms with Crippen LogP contribution in [0.3, 0.4) is 0 Å². The van der Waals surface area contributed by atoms with Gasteiger partial charge in [0.1, 0.15) is 23.3 Å². The van der Waals surface area contributed by atoms with Crippen molar-refractivity contribution >= 4 is 38.7 Å². The normalized spacial score (nSPS) is 28.2. The summed E-state index contributed by atoms with van der Waals surface area (Å²) < 4.78 is 53.0. The summed E-state index contributed by atoms with van der Waals surface area (Å²) in [5, 5.41) is 3.26. The number of nitrogens with one attached hydrogen (secondary N) is 1. The summed E-state index contributed by atoms with van der Waals surface area (Å²) in [6.07, 6.45) is 8.47.